The standard InChI is InChI=1S/C15H15N3O2/c1-20-14-9-17-6-4-12(14)15(19)18-7-5-10-8-11(16)2-3-13(10)18/h2-4,6,8-9H,5,7,16H2,1H3. The van der Waals surface area contributed by atoms with Gasteiger partial charge in [-0.05, 0) is 36.2 Å². The highest BCUT2D eigenvalue weighted by Gasteiger charge is 2.27. The number of anilines is 2. The number of fused-ring (bicyclic) bond motifs is 1. The van der Waals surface area contributed by atoms with Crippen molar-refractivity contribution in [1.82, 2.24) is 4.98 Å². The van der Waals surface area contributed by atoms with Crippen LogP contribution in [0.5, 0.6) is 5.75 Å². The van der Waals surface area contributed by atoms with Gasteiger partial charge in [0, 0.05) is 24.1 Å². The number of rotatable bonds is 2. The first-order chi connectivity index (χ1) is 9.70. The van der Waals surface area contributed by atoms with E-state index in [2.05, 4.69) is 4.98 Å². The lowest BCUT2D eigenvalue weighted by Gasteiger charge is -2.18. The molecule has 0 unspecified atom stereocenters. The summed E-state index contributed by atoms with van der Waals surface area (Å²) >= 11 is 0. The van der Waals surface area contributed by atoms with E-state index in [9.17, 15) is 4.79 Å². The zero-order valence-electron chi connectivity index (χ0n) is 11.2. The third kappa shape index (κ3) is 1.97. The molecule has 102 valence electrons. The topological polar surface area (TPSA) is 68.5 Å². The average molecular weight is 269 g/mol. The van der Waals surface area contributed by atoms with E-state index in [4.69, 9.17) is 10.5 Å². The fourth-order valence-electron chi connectivity index (χ4n) is 2.50. The molecular weight excluding hydrogens is 254 g/mol. The van der Waals surface area contributed by atoms with Gasteiger partial charge in [0.2, 0.25) is 0 Å². The molecule has 5 nitrogen and oxygen atoms in total. The van der Waals surface area contributed by atoms with Gasteiger partial charge in [-0.25, -0.2) is 0 Å². The largest absolute Gasteiger partial charge is 0.494 e. The number of carbonyl (C=O) groups is 1. The van der Waals surface area contributed by atoms with Crippen LogP contribution in [0.25, 0.3) is 0 Å². The van der Waals surface area contributed by atoms with Crippen LogP contribution < -0.4 is 15.4 Å². The number of pyridine rings is 1. The number of amides is 1. The van der Waals surface area contributed by atoms with Crippen molar-refractivity contribution in [2.75, 3.05) is 24.3 Å². The molecule has 1 aliphatic rings. The summed E-state index contributed by atoms with van der Waals surface area (Å²) < 4.78 is 5.20. The molecule has 2 N–H and O–H groups in total. The molecule has 0 saturated carbocycles. The van der Waals surface area contributed by atoms with Gasteiger partial charge >= 0.3 is 0 Å². The summed E-state index contributed by atoms with van der Waals surface area (Å²) in [4.78, 5) is 18.4. The predicted molar refractivity (Wildman–Crippen MR) is 77.0 cm³/mol. The summed E-state index contributed by atoms with van der Waals surface area (Å²) in [5.74, 6) is 0.411. The Morgan fingerprint density at radius 2 is 2.25 bits per heavy atom. The molecule has 1 aromatic carbocycles. The number of benzene rings is 1. The minimum atomic E-state index is -0.0761. The van der Waals surface area contributed by atoms with Gasteiger partial charge in [-0.1, -0.05) is 0 Å². The van der Waals surface area contributed by atoms with Crippen molar-refractivity contribution in [3.63, 3.8) is 0 Å². The Hall–Kier alpha value is -2.56. The van der Waals surface area contributed by atoms with Crippen molar-refractivity contribution >= 4 is 17.3 Å². The van der Waals surface area contributed by atoms with Gasteiger partial charge in [0.05, 0.1) is 18.9 Å². The van der Waals surface area contributed by atoms with Gasteiger partial charge in [0.25, 0.3) is 5.91 Å². The molecular formula is C15H15N3O2. The maximum absolute atomic E-state index is 12.7. The number of methoxy groups -OCH3 is 1. The van der Waals surface area contributed by atoms with Gasteiger partial charge in [-0.3, -0.25) is 9.78 Å². The maximum Gasteiger partial charge on any atom is 0.262 e. The van der Waals surface area contributed by atoms with Crippen molar-refractivity contribution < 1.29 is 9.53 Å². The summed E-state index contributed by atoms with van der Waals surface area (Å²) in [7, 11) is 1.53. The normalized spacial score (nSPS) is 13.2. The second-order valence-electron chi connectivity index (χ2n) is 4.67. The summed E-state index contributed by atoms with van der Waals surface area (Å²) in [6.07, 6.45) is 3.96. The molecule has 20 heavy (non-hydrogen) atoms. The highest BCUT2D eigenvalue weighted by atomic mass is 16.5. The molecule has 3 rings (SSSR count). The van der Waals surface area contributed by atoms with E-state index >= 15 is 0 Å². The van der Waals surface area contributed by atoms with E-state index in [0.29, 0.717) is 17.9 Å². The molecule has 2 aromatic rings. The van der Waals surface area contributed by atoms with E-state index in [1.54, 1.807) is 23.4 Å². The Kier molecular flexibility index (Phi) is 3.02. The third-order valence-corrected chi connectivity index (χ3v) is 3.48. The van der Waals surface area contributed by atoms with Crippen LogP contribution >= 0.6 is 0 Å². The van der Waals surface area contributed by atoms with Crippen molar-refractivity contribution in [2.24, 2.45) is 0 Å². The molecule has 1 aliphatic heterocycles. The zero-order valence-corrected chi connectivity index (χ0v) is 11.2. The number of nitrogen functional groups attached to an aromatic ring is 1. The average Bonchev–Trinajstić information content (AvgIpc) is 2.89. The van der Waals surface area contributed by atoms with Crippen LogP contribution in [0.15, 0.2) is 36.7 Å². The van der Waals surface area contributed by atoms with E-state index in [1.807, 2.05) is 18.2 Å². The first-order valence-corrected chi connectivity index (χ1v) is 6.39. The Balaban J connectivity index is 1.98. The Labute approximate surface area is 117 Å². The van der Waals surface area contributed by atoms with Crippen molar-refractivity contribution in [2.45, 2.75) is 6.42 Å². The summed E-state index contributed by atoms with van der Waals surface area (Å²) in [6, 6.07) is 7.31. The molecule has 0 saturated heterocycles. The summed E-state index contributed by atoms with van der Waals surface area (Å²) in [5.41, 5.74) is 9.04. The summed E-state index contributed by atoms with van der Waals surface area (Å²) in [6.45, 7) is 0.656. The first kappa shape index (κ1) is 12.5. The molecule has 0 atom stereocenters. The highest BCUT2D eigenvalue weighted by molar-refractivity contribution is 6.09. The molecule has 0 radical (unpaired) electrons. The second-order valence-corrected chi connectivity index (χ2v) is 4.67. The van der Waals surface area contributed by atoms with Gasteiger partial charge < -0.3 is 15.4 Å². The molecule has 0 bridgehead atoms. The second kappa shape index (κ2) is 4.85. The van der Waals surface area contributed by atoms with Crippen molar-refractivity contribution in [3.05, 3.63) is 47.8 Å². The van der Waals surface area contributed by atoms with E-state index in [-0.39, 0.29) is 5.91 Å². The Morgan fingerprint density at radius 3 is 3.05 bits per heavy atom. The van der Waals surface area contributed by atoms with Gasteiger partial charge in [-0.15, -0.1) is 0 Å². The maximum atomic E-state index is 12.7. The number of nitrogens with zero attached hydrogens (tertiary/aromatic N) is 2. The summed E-state index contributed by atoms with van der Waals surface area (Å²) in [5, 5.41) is 0. The van der Waals surface area contributed by atoms with E-state index in [1.165, 1.54) is 7.11 Å². The van der Waals surface area contributed by atoms with Crippen LogP contribution in [-0.4, -0.2) is 24.5 Å². The molecule has 5 heteroatoms. The fourth-order valence-corrected chi connectivity index (χ4v) is 2.50. The molecule has 0 aliphatic carbocycles. The molecule has 0 spiro atoms. The van der Waals surface area contributed by atoms with Crippen molar-refractivity contribution in [3.8, 4) is 5.75 Å². The van der Waals surface area contributed by atoms with Gasteiger partial charge in [-0.2, -0.15) is 0 Å². The highest BCUT2D eigenvalue weighted by Crippen LogP contribution is 2.32. The molecule has 2 heterocycles. The van der Waals surface area contributed by atoms with Crippen LogP contribution in [0.1, 0.15) is 15.9 Å². The molecule has 0 fully saturated rings. The van der Waals surface area contributed by atoms with E-state index in [0.717, 1.165) is 23.4 Å². The fraction of sp³-hybridized carbons (Fsp3) is 0.200. The first-order valence-electron chi connectivity index (χ1n) is 6.39. The monoisotopic (exact) mass is 269 g/mol. The lowest BCUT2D eigenvalue weighted by molar-refractivity contribution is 0.0986. The quantitative estimate of drug-likeness (QED) is 0.845. The lowest BCUT2D eigenvalue weighted by atomic mass is 10.1. The Bertz CT molecular complexity index is 670. The van der Waals surface area contributed by atoms with Gasteiger partial charge in [0.1, 0.15) is 5.75 Å². The number of aromatic nitrogens is 1. The van der Waals surface area contributed by atoms with Crippen LogP contribution in [-0.2, 0) is 6.42 Å². The lowest BCUT2D eigenvalue weighted by Crippen LogP contribution is -2.29. The number of hydrogen-bond acceptors (Lipinski definition) is 4. The van der Waals surface area contributed by atoms with E-state index < -0.39 is 0 Å². The SMILES string of the molecule is COc1cnccc1C(=O)N1CCc2cc(N)ccc21. The molecule has 1 amide bonds. The van der Waals surface area contributed by atoms with Crippen LogP contribution in [0, 0.1) is 0 Å². The minimum Gasteiger partial charge on any atom is -0.494 e. The predicted octanol–water partition coefficient (Wildman–Crippen LogP) is 1.88. The smallest absolute Gasteiger partial charge is 0.262 e. The number of nitrogens with two attached hydrogens (primary N) is 1. The number of hydrogen-bond donors (Lipinski definition) is 1. The Morgan fingerprint density at radius 1 is 1.40 bits per heavy atom. The third-order valence-electron chi connectivity index (χ3n) is 3.48. The van der Waals surface area contributed by atoms with Crippen LogP contribution in [0.2, 0.25) is 0 Å². The number of carbonyl (C=O) groups excluding carboxylic acids is 1. The van der Waals surface area contributed by atoms with Gasteiger partial charge in [0.15, 0.2) is 0 Å². The van der Waals surface area contributed by atoms with Crippen molar-refractivity contribution in [1.29, 1.82) is 0 Å². The van der Waals surface area contributed by atoms with Crippen LogP contribution in [0.3, 0.4) is 0 Å². The molecule has 1 aromatic heterocycles. The van der Waals surface area contributed by atoms with Crippen LogP contribution in [0.4, 0.5) is 11.4 Å². The minimum absolute atomic E-state index is 0.0761. The number of ether oxygens (including phenoxy) is 1. The zero-order chi connectivity index (χ0) is 14.1.